The zero-order chi connectivity index (χ0) is 12.6. The van der Waals surface area contributed by atoms with Gasteiger partial charge in [0.15, 0.2) is 5.78 Å². The lowest BCUT2D eigenvalue weighted by Gasteiger charge is -2.15. The maximum absolute atomic E-state index is 11.4. The average molecular weight is 271 g/mol. The van der Waals surface area contributed by atoms with Gasteiger partial charge in [-0.2, -0.15) is 0 Å². The van der Waals surface area contributed by atoms with Gasteiger partial charge in [0.1, 0.15) is 11.9 Å². The highest BCUT2D eigenvalue weighted by molar-refractivity contribution is 6.36. The molecule has 1 aromatic rings. The second kappa shape index (κ2) is 4.71. The number of rotatable bonds is 2. The van der Waals surface area contributed by atoms with E-state index in [1.807, 2.05) is 0 Å². The largest absolute Gasteiger partial charge is 0.489 e. The highest BCUT2D eigenvalue weighted by Gasteiger charge is 2.29. The Labute approximate surface area is 110 Å². The van der Waals surface area contributed by atoms with Crippen molar-refractivity contribution in [3.8, 4) is 0 Å². The van der Waals surface area contributed by atoms with Gasteiger partial charge in [-0.1, -0.05) is 29.3 Å². The topological polar surface area (TPSA) is 26.3 Å². The minimum Gasteiger partial charge on any atom is -0.489 e. The third kappa shape index (κ3) is 2.33. The van der Waals surface area contributed by atoms with E-state index in [4.69, 9.17) is 27.9 Å². The van der Waals surface area contributed by atoms with Gasteiger partial charge >= 0.3 is 0 Å². The maximum atomic E-state index is 11.4. The molecule has 0 saturated carbocycles. The second-order valence-corrected chi connectivity index (χ2v) is 4.85. The quantitative estimate of drug-likeness (QED) is 0.800. The van der Waals surface area contributed by atoms with Crippen molar-refractivity contribution in [1.29, 1.82) is 0 Å². The van der Waals surface area contributed by atoms with Crippen LogP contribution in [0.5, 0.6) is 0 Å². The molecular formula is C13H12Cl2O2. The monoisotopic (exact) mass is 270 g/mol. The summed E-state index contributed by atoms with van der Waals surface area (Å²) in [6.07, 6.45) is 0.278. The molecule has 90 valence electrons. The normalized spacial score (nSPS) is 19.4. The van der Waals surface area contributed by atoms with Gasteiger partial charge in [-0.3, -0.25) is 4.79 Å². The molecule has 0 radical (unpaired) electrons. The molecule has 1 atom stereocenters. The summed E-state index contributed by atoms with van der Waals surface area (Å²) in [6.45, 7) is 3.33. The summed E-state index contributed by atoms with van der Waals surface area (Å²) >= 11 is 12.2. The van der Waals surface area contributed by atoms with Crippen molar-refractivity contribution >= 4 is 29.0 Å². The predicted molar refractivity (Wildman–Crippen MR) is 68.3 cm³/mol. The SMILES string of the molecule is CC(=O)C1=C(C)OC(c2c(Cl)cccc2Cl)C1. The molecule has 17 heavy (non-hydrogen) atoms. The number of Topliss-reactive ketones (excluding diaryl/α,β-unsaturated/α-hetero) is 1. The van der Waals surface area contributed by atoms with Gasteiger partial charge in [0.05, 0.1) is 0 Å². The smallest absolute Gasteiger partial charge is 0.159 e. The first-order valence-corrected chi connectivity index (χ1v) is 6.07. The molecule has 0 aliphatic carbocycles. The molecule has 0 saturated heterocycles. The van der Waals surface area contributed by atoms with Crippen LogP contribution in [0, 0.1) is 0 Å². The van der Waals surface area contributed by atoms with Crippen LogP contribution in [-0.4, -0.2) is 5.78 Å². The molecule has 0 aromatic heterocycles. The Morgan fingerprint density at radius 1 is 1.35 bits per heavy atom. The van der Waals surface area contributed by atoms with E-state index < -0.39 is 0 Å². The molecule has 1 heterocycles. The molecule has 1 aliphatic heterocycles. The fourth-order valence-electron chi connectivity index (χ4n) is 2.03. The van der Waals surface area contributed by atoms with Crippen LogP contribution in [0.15, 0.2) is 29.5 Å². The van der Waals surface area contributed by atoms with Crippen molar-refractivity contribution in [1.82, 2.24) is 0 Å². The van der Waals surface area contributed by atoms with Crippen molar-refractivity contribution in [2.75, 3.05) is 0 Å². The number of halogens is 2. The van der Waals surface area contributed by atoms with Crippen LogP contribution in [-0.2, 0) is 9.53 Å². The van der Waals surface area contributed by atoms with Crippen LogP contribution in [0.3, 0.4) is 0 Å². The fourth-order valence-corrected chi connectivity index (χ4v) is 2.67. The minimum absolute atomic E-state index is 0.0353. The van der Waals surface area contributed by atoms with E-state index >= 15 is 0 Å². The van der Waals surface area contributed by atoms with Crippen LogP contribution in [0.1, 0.15) is 31.9 Å². The van der Waals surface area contributed by atoms with Crippen LogP contribution in [0.4, 0.5) is 0 Å². The van der Waals surface area contributed by atoms with Crippen LogP contribution in [0.25, 0.3) is 0 Å². The summed E-state index contributed by atoms with van der Waals surface area (Å²) in [5.41, 5.74) is 1.47. The number of ketones is 1. The van der Waals surface area contributed by atoms with E-state index in [2.05, 4.69) is 0 Å². The molecule has 2 rings (SSSR count). The molecule has 1 aromatic carbocycles. The Kier molecular flexibility index (Phi) is 3.45. The minimum atomic E-state index is -0.255. The molecule has 4 heteroatoms. The van der Waals surface area contributed by atoms with E-state index in [1.54, 1.807) is 32.0 Å². The van der Waals surface area contributed by atoms with Crippen molar-refractivity contribution in [2.45, 2.75) is 26.4 Å². The molecule has 0 N–H and O–H groups in total. The third-order valence-corrected chi connectivity index (χ3v) is 3.54. The van der Waals surface area contributed by atoms with Gasteiger partial charge in [0, 0.05) is 27.6 Å². The molecule has 0 bridgehead atoms. The fraction of sp³-hybridized carbons (Fsp3) is 0.308. The summed E-state index contributed by atoms with van der Waals surface area (Å²) in [4.78, 5) is 11.4. The van der Waals surface area contributed by atoms with E-state index in [9.17, 15) is 4.79 Å². The molecule has 0 spiro atoms. The molecule has 0 fully saturated rings. The number of allylic oxidation sites excluding steroid dienone is 1. The van der Waals surface area contributed by atoms with Crippen molar-refractivity contribution < 1.29 is 9.53 Å². The van der Waals surface area contributed by atoms with Gasteiger partial charge < -0.3 is 4.74 Å². The Morgan fingerprint density at radius 3 is 2.41 bits per heavy atom. The maximum Gasteiger partial charge on any atom is 0.159 e. The average Bonchev–Trinajstić information content (AvgIpc) is 2.60. The summed E-state index contributed by atoms with van der Waals surface area (Å²) in [5, 5.41) is 1.14. The van der Waals surface area contributed by atoms with Crippen molar-refractivity contribution in [2.24, 2.45) is 0 Å². The van der Waals surface area contributed by atoms with Gasteiger partial charge in [-0.05, 0) is 26.0 Å². The number of benzene rings is 1. The standard InChI is InChI=1S/C13H12Cl2O2/c1-7(16)9-6-12(17-8(9)2)13-10(14)4-3-5-11(13)15/h3-5,12H,6H2,1-2H3. The lowest BCUT2D eigenvalue weighted by Crippen LogP contribution is -2.00. The van der Waals surface area contributed by atoms with Crippen LogP contribution in [0.2, 0.25) is 10.0 Å². The zero-order valence-electron chi connectivity index (χ0n) is 9.59. The molecule has 0 amide bonds. The Morgan fingerprint density at radius 2 is 1.94 bits per heavy atom. The first-order valence-electron chi connectivity index (χ1n) is 5.32. The first kappa shape index (κ1) is 12.5. The summed E-state index contributed by atoms with van der Waals surface area (Å²) in [7, 11) is 0. The summed E-state index contributed by atoms with van der Waals surface area (Å²) in [6, 6.07) is 5.33. The van der Waals surface area contributed by atoms with Crippen molar-refractivity contribution in [3.05, 3.63) is 45.1 Å². The van der Waals surface area contributed by atoms with E-state index in [1.165, 1.54) is 0 Å². The van der Waals surface area contributed by atoms with E-state index in [-0.39, 0.29) is 11.9 Å². The van der Waals surface area contributed by atoms with E-state index in [0.717, 1.165) is 5.56 Å². The lowest BCUT2D eigenvalue weighted by molar-refractivity contribution is -0.113. The summed E-state index contributed by atoms with van der Waals surface area (Å²) in [5.74, 6) is 0.701. The highest BCUT2D eigenvalue weighted by atomic mass is 35.5. The summed E-state index contributed by atoms with van der Waals surface area (Å²) < 4.78 is 5.67. The number of hydrogen-bond donors (Lipinski definition) is 0. The van der Waals surface area contributed by atoms with Gasteiger partial charge in [0.25, 0.3) is 0 Å². The Bertz CT molecular complexity index is 486. The molecular weight excluding hydrogens is 259 g/mol. The van der Waals surface area contributed by atoms with Crippen molar-refractivity contribution in [3.63, 3.8) is 0 Å². The number of ether oxygens (including phenoxy) is 1. The number of hydrogen-bond acceptors (Lipinski definition) is 2. The molecule has 1 aliphatic rings. The Balaban J connectivity index is 2.32. The zero-order valence-corrected chi connectivity index (χ0v) is 11.1. The Hall–Kier alpha value is -0.990. The predicted octanol–water partition coefficient (Wildman–Crippen LogP) is 4.32. The number of carbonyl (C=O) groups is 1. The number of carbonyl (C=O) groups excluding carboxylic acids is 1. The lowest BCUT2D eigenvalue weighted by atomic mass is 10.0. The van der Waals surface area contributed by atoms with Crippen LogP contribution < -0.4 is 0 Å². The van der Waals surface area contributed by atoms with E-state index in [0.29, 0.717) is 27.8 Å². The van der Waals surface area contributed by atoms with Crippen LogP contribution >= 0.6 is 23.2 Å². The molecule has 2 nitrogen and oxygen atoms in total. The highest BCUT2D eigenvalue weighted by Crippen LogP contribution is 2.41. The van der Waals surface area contributed by atoms with Gasteiger partial charge in [-0.15, -0.1) is 0 Å². The second-order valence-electron chi connectivity index (χ2n) is 4.04. The molecule has 1 unspecified atom stereocenters. The van der Waals surface area contributed by atoms with Gasteiger partial charge in [-0.25, -0.2) is 0 Å². The van der Waals surface area contributed by atoms with Gasteiger partial charge in [0.2, 0.25) is 0 Å². The third-order valence-electron chi connectivity index (χ3n) is 2.88. The first-order chi connectivity index (χ1) is 8.00.